The van der Waals surface area contributed by atoms with Gasteiger partial charge >= 0.3 is 0 Å². The number of hydrogen-bond donors (Lipinski definition) is 4. The Hall–Kier alpha value is -3.10. The first-order chi connectivity index (χ1) is 17.6. The van der Waals surface area contributed by atoms with Gasteiger partial charge in [-0.25, -0.2) is 0 Å². The van der Waals surface area contributed by atoms with E-state index >= 15 is 0 Å². The first-order valence-electron chi connectivity index (χ1n) is 13.2. The highest BCUT2D eigenvalue weighted by molar-refractivity contribution is 5.87. The molecule has 0 aliphatic carbocycles. The Balaban J connectivity index is 1.58. The highest BCUT2D eigenvalue weighted by Gasteiger charge is 2.43. The van der Waals surface area contributed by atoms with Gasteiger partial charge in [-0.2, -0.15) is 0 Å². The number of nitrogens with zero attached hydrogens (tertiary/aromatic N) is 1. The number of hydrogen-bond acceptors (Lipinski definition) is 6. The molecule has 3 heterocycles. The minimum atomic E-state index is -0.486. The summed E-state index contributed by atoms with van der Waals surface area (Å²) in [5.41, 5.74) is 2.72. The number of benzene rings is 2. The van der Waals surface area contributed by atoms with E-state index in [9.17, 15) is 14.7 Å². The molecule has 3 unspecified atom stereocenters. The Bertz CT molecular complexity index is 1070. The number of carbonyl (C=O) groups excluding carboxylic acids is 2. The van der Waals surface area contributed by atoms with Crippen LogP contribution >= 0.6 is 0 Å². The Morgan fingerprint density at radius 1 is 0.861 bits per heavy atom. The summed E-state index contributed by atoms with van der Waals surface area (Å²) in [6.07, 6.45) is 3.47. The molecule has 0 spiro atoms. The quantitative estimate of drug-likeness (QED) is 0.488. The third-order valence-electron chi connectivity index (χ3n) is 7.40. The molecule has 3 aliphatic heterocycles. The van der Waals surface area contributed by atoms with Crippen molar-refractivity contribution in [2.45, 2.75) is 50.2 Å². The first kappa shape index (κ1) is 24.6. The van der Waals surface area contributed by atoms with E-state index in [1.54, 1.807) is 12.1 Å². The van der Waals surface area contributed by atoms with Gasteiger partial charge in [-0.3, -0.25) is 9.59 Å². The van der Waals surface area contributed by atoms with E-state index in [1.165, 1.54) is 0 Å². The first-order valence-corrected chi connectivity index (χ1v) is 13.2. The monoisotopic (exact) mass is 492 g/mol. The van der Waals surface area contributed by atoms with E-state index in [2.05, 4.69) is 22.0 Å². The summed E-state index contributed by atoms with van der Waals surface area (Å²) in [5.74, 6) is 0.473. The zero-order valence-corrected chi connectivity index (χ0v) is 20.7. The smallest absolute Gasteiger partial charge is 0.234 e. The molecular formula is C28H36N4O4. The molecule has 5 rings (SSSR count). The van der Waals surface area contributed by atoms with E-state index in [0.717, 1.165) is 55.6 Å². The molecule has 0 fully saturated rings. The SMILES string of the molecule is O=C1CC2NCCCNCCCCN(CCCN1)C(=O)C1c3cc2ccc3OC1c1ccc(O)cc1. The van der Waals surface area contributed by atoms with Crippen LogP contribution in [0.25, 0.3) is 0 Å². The number of nitrogens with one attached hydrogen (secondary N) is 3. The van der Waals surface area contributed by atoms with Crippen molar-refractivity contribution in [3.63, 3.8) is 0 Å². The lowest BCUT2D eigenvalue weighted by molar-refractivity contribution is -0.134. The lowest BCUT2D eigenvalue weighted by Crippen LogP contribution is -2.39. The van der Waals surface area contributed by atoms with E-state index in [0.29, 0.717) is 38.2 Å². The molecule has 192 valence electrons. The molecule has 0 radical (unpaired) electrons. The molecule has 0 saturated heterocycles. The topological polar surface area (TPSA) is 103 Å². The van der Waals surface area contributed by atoms with E-state index in [1.807, 2.05) is 29.2 Å². The normalized spacial score (nSPS) is 25.8. The minimum Gasteiger partial charge on any atom is -0.508 e. The Morgan fingerprint density at radius 2 is 1.64 bits per heavy atom. The van der Waals surface area contributed by atoms with Gasteiger partial charge in [0.25, 0.3) is 0 Å². The summed E-state index contributed by atoms with van der Waals surface area (Å²) in [6, 6.07) is 12.8. The second-order valence-electron chi connectivity index (χ2n) is 9.96. The molecular weight excluding hydrogens is 456 g/mol. The van der Waals surface area contributed by atoms with E-state index in [-0.39, 0.29) is 23.6 Å². The molecule has 3 aliphatic rings. The number of fused-ring (bicyclic) bond motifs is 1. The fraction of sp³-hybridized carbons (Fsp3) is 0.500. The fourth-order valence-electron chi connectivity index (χ4n) is 5.45. The van der Waals surface area contributed by atoms with Crippen LogP contribution in [0.3, 0.4) is 0 Å². The molecule has 4 N–H and O–H groups in total. The van der Waals surface area contributed by atoms with Gasteiger partial charge < -0.3 is 30.7 Å². The zero-order valence-electron chi connectivity index (χ0n) is 20.7. The average molecular weight is 493 g/mol. The van der Waals surface area contributed by atoms with Crippen LogP contribution in [0.4, 0.5) is 0 Å². The van der Waals surface area contributed by atoms with Crippen LogP contribution in [-0.2, 0) is 9.59 Å². The van der Waals surface area contributed by atoms with Gasteiger partial charge in [-0.1, -0.05) is 18.2 Å². The number of phenols is 1. The maximum absolute atomic E-state index is 14.2. The number of rotatable bonds is 1. The lowest BCUT2D eigenvalue weighted by Gasteiger charge is -2.28. The molecule has 3 atom stereocenters. The van der Waals surface area contributed by atoms with Crippen LogP contribution in [0.5, 0.6) is 11.5 Å². The van der Waals surface area contributed by atoms with Crippen molar-refractivity contribution in [3.8, 4) is 11.5 Å². The molecule has 0 saturated carbocycles. The number of amides is 2. The molecule has 2 aromatic carbocycles. The number of ether oxygens (including phenoxy) is 1. The van der Waals surface area contributed by atoms with Crippen molar-refractivity contribution >= 4 is 11.8 Å². The van der Waals surface area contributed by atoms with Gasteiger partial charge in [0.2, 0.25) is 11.8 Å². The second-order valence-corrected chi connectivity index (χ2v) is 9.96. The predicted molar refractivity (Wildman–Crippen MR) is 137 cm³/mol. The van der Waals surface area contributed by atoms with Crippen molar-refractivity contribution in [2.75, 3.05) is 39.3 Å². The van der Waals surface area contributed by atoms with Gasteiger partial charge in [-0.05, 0) is 80.7 Å². The summed E-state index contributed by atoms with van der Waals surface area (Å²) in [6.45, 7) is 4.45. The largest absolute Gasteiger partial charge is 0.508 e. The second kappa shape index (κ2) is 11.3. The third kappa shape index (κ3) is 5.50. The van der Waals surface area contributed by atoms with Gasteiger partial charge in [0, 0.05) is 37.7 Å². The number of phenolic OH excluding ortho intramolecular Hbond substituents is 1. The van der Waals surface area contributed by atoms with Crippen LogP contribution < -0.4 is 20.7 Å². The Kier molecular flexibility index (Phi) is 7.72. The maximum Gasteiger partial charge on any atom is 0.234 e. The van der Waals surface area contributed by atoms with Crippen molar-refractivity contribution in [1.29, 1.82) is 0 Å². The number of carbonyl (C=O) groups is 2. The van der Waals surface area contributed by atoms with Crippen LogP contribution in [0, 0.1) is 0 Å². The average Bonchev–Trinajstić information content (AvgIpc) is 3.26. The van der Waals surface area contributed by atoms with Crippen molar-refractivity contribution in [3.05, 3.63) is 59.2 Å². The molecule has 0 aromatic heterocycles. The van der Waals surface area contributed by atoms with E-state index < -0.39 is 12.0 Å². The van der Waals surface area contributed by atoms with Crippen LogP contribution in [0.15, 0.2) is 42.5 Å². The van der Waals surface area contributed by atoms with Gasteiger partial charge in [0.15, 0.2) is 0 Å². The van der Waals surface area contributed by atoms with Gasteiger partial charge in [0.05, 0.1) is 0 Å². The van der Waals surface area contributed by atoms with Crippen molar-refractivity contribution < 1.29 is 19.4 Å². The highest BCUT2D eigenvalue weighted by atomic mass is 16.5. The van der Waals surface area contributed by atoms with Crippen molar-refractivity contribution in [2.24, 2.45) is 0 Å². The Labute approximate surface area is 212 Å². The van der Waals surface area contributed by atoms with Gasteiger partial charge in [0.1, 0.15) is 23.5 Å². The summed E-state index contributed by atoms with van der Waals surface area (Å²) >= 11 is 0. The molecule has 4 bridgehead atoms. The van der Waals surface area contributed by atoms with Crippen molar-refractivity contribution in [1.82, 2.24) is 20.9 Å². The third-order valence-corrected chi connectivity index (χ3v) is 7.40. The molecule has 8 nitrogen and oxygen atoms in total. The van der Waals surface area contributed by atoms with Crippen LogP contribution in [-0.4, -0.2) is 61.1 Å². The lowest BCUT2D eigenvalue weighted by atomic mass is 9.87. The molecule has 2 amide bonds. The van der Waals surface area contributed by atoms with E-state index in [4.69, 9.17) is 4.74 Å². The zero-order chi connectivity index (χ0) is 24.9. The summed E-state index contributed by atoms with van der Waals surface area (Å²) in [7, 11) is 0. The summed E-state index contributed by atoms with van der Waals surface area (Å²) in [5, 5.41) is 19.9. The van der Waals surface area contributed by atoms with Gasteiger partial charge in [-0.15, -0.1) is 0 Å². The summed E-state index contributed by atoms with van der Waals surface area (Å²) in [4.78, 5) is 28.9. The van der Waals surface area contributed by atoms with Crippen LogP contribution in [0.1, 0.15) is 66.9 Å². The number of aromatic hydroxyl groups is 1. The highest BCUT2D eigenvalue weighted by Crippen LogP contribution is 2.48. The molecule has 2 aromatic rings. The summed E-state index contributed by atoms with van der Waals surface area (Å²) < 4.78 is 6.40. The Morgan fingerprint density at radius 3 is 2.50 bits per heavy atom. The van der Waals surface area contributed by atoms with Crippen LogP contribution in [0.2, 0.25) is 0 Å². The minimum absolute atomic E-state index is 0.0160. The predicted octanol–water partition coefficient (Wildman–Crippen LogP) is 2.75. The fourth-order valence-corrected chi connectivity index (χ4v) is 5.45. The maximum atomic E-state index is 14.2. The molecule has 36 heavy (non-hydrogen) atoms. The standard InChI is InChI=1S/C28H36N4O4/c33-21-8-5-19(6-9-21)27-26-22-17-20(7-10-24(22)36-27)23-18-25(34)31-14-4-16-32(28(26)35)15-2-1-11-29-12-3-13-30-23/h5-10,17,23,26-27,29-30,33H,1-4,11-16,18H2,(H,31,34). The molecule has 8 heteroatoms.